The van der Waals surface area contributed by atoms with Crippen LogP contribution in [0.5, 0.6) is 0 Å². The molecule has 0 aromatic heterocycles. The fraction of sp³-hybridized carbons (Fsp3) is 0.250. The number of hydrogen-bond donors (Lipinski definition) is 1. The van der Waals surface area contributed by atoms with E-state index in [4.69, 9.17) is 10.5 Å². The van der Waals surface area contributed by atoms with Crippen molar-refractivity contribution in [3.63, 3.8) is 0 Å². The topological polar surface area (TPSA) is 95.5 Å². The predicted molar refractivity (Wildman–Crippen MR) is 66.1 cm³/mol. The highest BCUT2D eigenvalue weighted by Crippen LogP contribution is 2.15. The van der Waals surface area contributed by atoms with Crippen LogP contribution < -0.4 is 5.73 Å². The molecule has 6 heteroatoms. The number of nitro groups is 1. The van der Waals surface area contributed by atoms with E-state index in [2.05, 4.69) is 6.58 Å². The molecule has 1 unspecified atom stereocenters. The number of ether oxygens (including phenoxy) is 1. The maximum atomic E-state index is 10.7. The zero-order valence-electron chi connectivity index (χ0n) is 9.74. The van der Waals surface area contributed by atoms with Crippen molar-refractivity contribution in [3.8, 4) is 0 Å². The molecular weight excluding hydrogens is 236 g/mol. The first kappa shape index (κ1) is 13.7. The summed E-state index contributed by atoms with van der Waals surface area (Å²) in [6.45, 7) is 3.57. The molecule has 0 aliphatic rings. The smallest absolute Gasteiger partial charge is 0.404 e. The molecule has 0 aliphatic heterocycles. The Balaban J connectivity index is 2.71. The van der Waals surface area contributed by atoms with Gasteiger partial charge in [-0.15, -0.1) is 6.58 Å². The fourth-order valence-electron chi connectivity index (χ4n) is 1.54. The summed E-state index contributed by atoms with van der Waals surface area (Å²) in [7, 11) is 0. The van der Waals surface area contributed by atoms with E-state index in [1.165, 1.54) is 12.1 Å². The zero-order valence-corrected chi connectivity index (χ0v) is 9.74. The van der Waals surface area contributed by atoms with E-state index in [1.807, 2.05) is 0 Å². The third kappa shape index (κ3) is 4.25. The van der Waals surface area contributed by atoms with Crippen LogP contribution in [0.4, 0.5) is 10.5 Å². The lowest BCUT2D eigenvalue weighted by molar-refractivity contribution is -0.384. The first-order valence-corrected chi connectivity index (χ1v) is 5.33. The van der Waals surface area contributed by atoms with Gasteiger partial charge >= 0.3 is 6.09 Å². The highest BCUT2D eigenvalue weighted by Gasteiger charge is 2.12. The van der Waals surface area contributed by atoms with Crippen molar-refractivity contribution < 1.29 is 14.5 Å². The van der Waals surface area contributed by atoms with Crippen molar-refractivity contribution in [3.05, 3.63) is 52.6 Å². The van der Waals surface area contributed by atoms with Gasteiger partial charge in [-0.05, 0) is 5.56 Å². The Bertz CT molecular complexity index is 442. The van der Waals surface area contributed by atoms with Gasteiger partial charge in [-0.3, -0.25) is 10.1 Å². The van der Waals surface area contributed by atoms with Crippen LogP contribution in [0, 0.1) is 10.1 Å². The minimum Gasteiger partial charge on any atom is -0.446 e. The fourth-order valence-corrected chi connectivity index (χ4v) is 1.54. The van der Waals surface area contributed by atoms with Crippen LogP contribution >= 0.6 is 0 Å². The third-order valence-corrected chi connectivity index (χ3v) is 2.32. The van der Waals surface area contributed by atoms with E-state index in [1.54, 1.807) is 18.2 Å². The van der Waals surface area contributed by atoms with Gasteiger partial charge in [0.15, 0.2) is 0 Å². The standard InChI is InChI=1S/C12H14N2O4/c1-2-3-11(18-12(13)15)8-9-4-6-10(7-5-9)14(16)17/h2,4-7,11H,1,3,8H2,(H2,13,15). The second-order valence-electron chi connectivity index (χ2n) is 3.71. The van der Waals surface area contributed by atoms with Crippen LogP contribution in [0.2, 0.25) is 0 Å². The maximum Gasteiger partial charge on any atom is 0.404 e. The van der Waals surface area contributed by atoms with E-state index in [0.29, 0.717) is 12.8 Å². The van der Waals surface area contributed by atoms with Gasteiger partial charge in [-0.2, -0.15) is 0 Å². The molecule has 0 heterocycles. The van der Waals surface area contributed by atoms with Gasteiger partial charge in [0.1, 0.15) is 6.10 Å². The summed E-state index contributed by atoms with van der Waals surface area (Å²) in [6, 6.07) is 6.06. The molecule has 1 aromatic carbocycles. The summed E-state index contributed by atoms with van der Waals surface area (Å²) < 4.78 is 4.91. The second-order valence-corrected chi connectivity index (χ2v) is 3.71. The normalized spacial score (nSPS) is 11.6. The van der Waals surface area contributed by atoms with E-state index >= 15 is 0 Å². The van der Waals surface area contributed by atoms with Crippen LogP contribution in [0.15, 0.2) is 36.9 Å². The SMILES string of the molecule is C=CCC(Cc1ccc([N+](=O)[O-])cc1)OC(N)=O. The first-order valence-electron chi connectivity index (χ1n) is 5.33. The summed E-state index contributed by atoms with van der Waals surface area (Å²) in [5, 5.41) is 10.5. The number of nitrogens with zero attached hydrogens (tertiary/aromatic N) is 1. The molecule has 6 nitrogen and oxygen atoms in total. The molecule has 1 rings (SSSR count). The van der Waals surface area contributed by atoms with Crippen molar-refractivity contribution in [1.82, 2.24) is 0 Å². The van der Waals surface area contributed by atoms with Crippen LogP contribution in [-0.4, -0.2) is 17.1 Å². The van der Waals surface area contributed by atoms with Gasteiger partial charge in [0.25, 0.3) is 5.69 Å². The highest BCUT2D eigenvalue weighted by atomic mass is 16.6. The number of nitrogens with two attached hydrogens (primary N) is 1. The van der Waals surface area contributed by atoms with Crippen LogP contribution in [0.25, 0.3) is 0 Å². The Labute approximate surface area is 104 Å². The molecule has 1 atom stereocenters. The zero-order chi connectivity index (χ0) is 13.5. The molecule has 2 N–H and O–H groups in total. The number of nitro benzene ring substituents is 1. The van der Waals surface area contributed by atoms with Gasteiger partial charge in [0.2, 0.25) is 0 Å². The highest BCUT2D eigenvalue weighted by molar-refractivity contribution is 5.64. The predicted octanol–water partition coefficient (Wildman–Crippen LogP) is 2.18. The Morgan fingerprint density at radius 3 is 2.56 bits per heavy atom. The average Bonchev–Trinajstić information content (AvgIpc) is 2.29. The van der Waals surface area contributed by atoms with E-state index in [0.717, 1.165) is 5.56 Å². The summed E-state index contributed by atoms with van der Waals surface area (Å²) in [5.41, 5.74) is 5.81. The lowest BCUT2D eigenvalue weighted by atomic mass is 10.1. The Morgan fingerprint density at radius 2 is 2.11 bits per heavy atom. The number of benzene rings is 1. The van der Waals surface area contributed by atoms with Crippen molar-refractivity contribution in [2.75, 3.05) is 0 Å². The average molecular weight is 250 g/mol. The lowest BCUT2D eigenvalue weighted by Crippen LogP contribution is -2.24. The van der Waals surface area contributed by atoms with Crippen LogP contribution in [0.3, 0.4) is 0 Å². The minimum atomic E-state index is -0.844. The van der Waals surface area contributed by atoms with Crippen molar-refractivity contribution in [2.45, 2.75) is 18.9 Å². The lowest BCUT2D eigenvalue weighted by Gasteiger charge is -2.14. The number of carbonyl (C=O) groups is 1. The number of non-ortho nitro benzene ring substituents is 1. The number of primary amides is 1. The molecule has 1 amide bonds. The molecule has 0 saturated carbocycles. The monoisotopic (exact) mass is 250 g/mol. The Kier molecular flexibility index (Phi) is 4.86. The molecule has 96 valence electrons. The molecule has 0 aliphatic carbocycles. The summed E-state index contributed by atoms with van der Waals surface area (Å²) >= 11 is 0. The van der Waals surface area contributed by atoms with Crippen molar-refractivity contribution in [2.24, 2.45) is 5.73 Å². The molecule has 0 bridgehead atoms. The van der Waals surface area contributed by atoms with Crippen LogP contribution in [-0.2, 0) is 11.2 Å². The molecule has 0 radical (unpaired) electrons. The Hall–Kier alpha value is -2.37. The van der Waals surface area contributed by atoms with E-state index < -0.39 is 17.1 Å². The summed E-state index contributed by atoms with van der Waals surface area (Å²) in [4.78, 5) is 20.7. The van der Waals surface area contributed by atoms with Gasteiger partial charge in [0, 0.05) is 25.0 Å². The van der Waals surface area contributed by atoms with Gasteiger partial charge in [-0.1, -0.05) is 18.2 Å². The molecule has 0 spiro atoms. The number of hydrogen-bond acceptors (Lipinski definition) is 4. The molecule has 0 saturated heterocycles. The van der Waals surface area contributed by atoms with Crippen molar-refractivity contribution in [1.29, 1.82) is 0 Å². The van der Waals surface area contributed by atoms with Gasteiger partial charge in [-0.25, -0.2) is 4.79 Å². The van der Waals surface area contributed by atoms with E-state index in [9.17, 15) is 14.9 Å². The van der Waals surface area contributed by atoms with Gasteiger partial charge < -0.3 is 10.5 Å². The molecule has 18 heavy (non-hydrogen) atoms. The first-order chi connectivity index (χ1) is 8.52. The number of amides is 1. The molecule has 0 fully saturated rings. The van der Waals surface area contributed by atoms with E-state index in [-0.39, 0.29) is 5.69 Å². The second kappa shape index (κ2) is 6.39. The van der Waals surface area contributed by atoms with Crippen molar-refractivity contribution >= 4 is 11.8 Å². The largest absolute Gasteiger partial charge is 0.446 e. The third-order valence-electron chi connectivity index (χ3n) is 2.32. The van der Waals surface area contributed by atoms with Gasteiger partial charge in [0.05, 0.1) is 4.92 Å². The Morgan fingerprint density at radius 1 is 1.50 bits per heavy atom. The minimum absolute atomic E-state index is 0.0230. The number of rotatable bonds is 6. The summed E-state index contributed by atoms with van der Waals surface area (Å²) in [6.07, 6.45) is 1.29. The number of carbonyl (C=O) groups excluding carboxylic acids is 1. The maximum absolute atomic E-state index is 10.7. The molecule has 1 aromatic rings. The quantitative estimate of drug-likeness (QED) is 0.475. The molecular formula is C12H14N2O4. The van der Waals surface area contributed by atoms with Crippen LogP contribution in [0.1, 0.15) is 12.0 Å². The summed E-state index contributed by atoms with van der Waals surface area (Å²) in [5.74, 6) is 0.